The molecule has 0 saturated heterocycles. The number of allylic oxidation sites excluding steroid dienone is 1. The van der Waals surface area contributed by atoms with E-state index in [1.54, 1.807) is 0 Å². The third kappa shape index (κ3) is 2.89. The quantitative estimate of drug-likeness (QED) is 0.215. The van der Waals surface area contributed by atoms with Gasteiger partial charge < -0.3 is 8.98 Å². The van der Waals surface area contributed by atoms with Crippen LogP contribution in [0.5, 0.6) is 0 Å². The van der Waals surface area contributed by atoms with Crippen LogP contribution in [0.15, 0.2) is 126 Å². The first kappa shape index (κ1) is 22.4. The number of benzene rings is 6. The molecule has 0 saturated carbocycles. The van der Waals surface area contributed by atoms with Crippen molar-refractivity contribution in [1.82, 2.24) is 4.57 Å². The van der Waals surface area contributed by atoms with Crippen molar-refractivity contribution in [3.8, 4) is 39.1 Å². The zero-order chi connectivity index (χ0) is 27.4. The van der Waals surface area contributed by atoms with Gasteiger partial charge in [0.15, 0.2) is 0 Å². The highest BCUT2D eigenvalue weighted by Crippen LogP contribution is 2.49. The summed E-state index contributed by atoms with van der Waals surface area (Å²) in [5, 5.41) is 6.31. The van der Waals surface area contributed by atoms with Gasteiger partial charge in [0.05, 0.1) is 5.52 Å². The maximum absolute atomic E-state index is 6.42. The summed E-state index contributed by atoms with van der Waals surface area (Å²) in [5.74, 6) is 0. The van der Waals surface area contributed by atoms with Gasteiger partial charge in [-0.15, -0.1) is 0 Å². The van der Waals surface area contributed by atoms with Crippen molar-refractivity contribution in [2.24, 2.45) is 0 Å². The number of para-hydroxylation sites is 2. The lowest BCUT2D eigenvalue weighted by Gasteiger charge is -2.14. The molecule has 2 aliphatic rings. The summed E-state index contributed by atoms with van der Waals surface area (Å²) in [4.78, 5) is 0. The van der Waals surface area contributed by atoms with Crippen LogP contribution in [0.3, 0.4) is 0 Å². The molecule has 196 valence electrons. The fraction of sp³-hybridized carbons (Fsp3) is 0.0500. The molecule has 42 heavy (non-hydrogen) atoms. The van der Waals surface area contributed by atoms with Gasteiger partial charge in [0.25, 0.3) is 0 Å². The normalized spacial score (nSPS) is 13.4. The summed E-state index contributed by atoms with van der Waals surface area (Å²) < 4.78 is 8.90. The van der Waals surface area contributed by atoms with Crippen LogP contribution in [0, 0.1) is 0 Å². The number of hydrogen-bond acceptors (Lipinski definition) is 1. The van der Waals surface area contributed by atoms with E-state index < -0.39 is 0 Å². The smallest absolute Gasteiger partial charge is 0.143 e. The number of hydrogen-bond donors (Lipinski definition) is 0. The number of fused-ring (bicyclic) bond motifs is 9. The minimum Gasteiger partial charge on any atom is -0.455 e. The highest BCUT2D eigenvalue weighted by Gasteiger charge is 2.24. The number of furan rings is 1. The van der Waals surface area contributed by atoms with Crippen molar-refractivity contribution in [2.75, 3.05) is 0 Å². The van der Waals surface area contributed by atoms with Crippen molar-refractivity contribution in [2.45, 2.75) is 12.8 Å². The van der Waals surface area contributed by atoms with Gasteiger partial charge >= 0.3 is 0 Å². The predicted octanol–water partition coefficient (Wildman–Crippen LogP) is 11.0. The molecule has 0 N–H and O–H groups in total. The van der Waals surface area contributed by atoms with Crippen molar-refractivity contribution in [3.63, 3.8) is 0 Å². The Morgan fingerprint density at radius 2 is 1.38 bits per heavy atom. The van der Waals surface area contributed by atoms with E-state index in [0.717, 1.165) is 29.6 Å². The minimum absolute atomic E-state index is 0.934. The van der Waals surface area contributed by atoms with Crippen molar-refractivity contribution < 1.29 is 4.42 Å². The third-order valence-electron chi connectivity index (χ3n) is 9.39. The second kappa shape index (κ2) is 8.11. The highest BCUT2D eigenvalue weighted by molar-refractivity contribution is 6.16. The van der Waals surface area contributed by atoms with Gasteiger partial charge in [-0.25, -0.2) is 0 Å². The Morgan fingerprint density at radius 3 is 2.33 bits per heavy atom. The van der Waals surface area contributed by atoms with Gasteiger partial charge in [-0.05, 0) is 93.4 Å². The third-order valence-corrected chi connectivity index (χ3v) is 9.39. The Labute approximate surface area is 242 Å². The van der Waals surface area contributed by atoms with Crippen LogP contribution in [-0.4, -0.2) is 4.57 Å². The Bertz CT molecular complexity index is 2470. The Hall–Kier alpha value is -5.34. The van der Waals surface area contributed by atoms with Gasteiger partial charge in [-0.1, -0.05) is 91.0 Å². The van der Waals surface area contributed by atoms with E-state index in [2.05, 4.69) is 126 Å². The SMILES string of the molecule is C1=Cc2c(c3cc(-c4cccc5c4oc4ccccc45)ccc3n2-c2cc3c4c(cccc4c2)-c2ccccc2-3)CC1. The summed E-state index contributed by atoms with van der Waals surface area (Å²) >= 11 is 0. The van der Waals surface area contributed by atoms with Crippen LogP contribution in [-0.2, 0) is 6.42 Å². The van der Waals surface area contributed by atoms with Gasteiger partial charge in [-0.2, -0.15) is 0 Å². The second-order valence-electron chi connectivity index (χ2n) is 11.6. The second-order valence-corrected chi connectivity index (χ2v) is 11.6. The van der Waals surface area contributed by atoms with E-state index >= 15 is 0 Å². The topological polar surface area (TPSA) is 18.1 Å². The average molecular weight is 536 g/mol. The van der Waals surface area contributed by atoms with E-state index in [0.29, 0.717) is 0 Å². The van der Waals surface area contributed by atoms with Crippen molar-refractivity contribution in [3.05, 3.63) is 133 Å². The summed E-state index contributed by atoms with van der Waals surface area (Å²) in [5.41, 5.74) is 14.7. The molecular formula is C40H25NO. The largest absolute Gasteiger partial charge is 0.455 e. The number of aromatic nitrogens is 1. The molecular weight excluding hydrogens is 510 g/mol. The van der Waals surface area contributed by atoms with E-state index in [9.17, 15) is 0 Å². The van der Waals surface area contributed by atoms with E-state index in [-0.39, 0.29) is 0 Å². The van der Waals surface area contributed by atoms with Gasteiger partial charge in [0.2, 0.25) is 0 Å². The number of aryl methyl sites for hydroxylation is 1. The lowest BCUT2D eigenvalue weighted by Crippen LogP contribution is -2.00. The molecule has 0 bridgehead atoms. The maximum atomic E-state index is 6.42. The number of nitrogens with zero attached hydrogens (tertiary/aromatic N) is 1. The molecule has 6 aromatic carbocycles. The predicted molar refractivity (Wildman–Crippen MR) is 175 cm³/mol. The first-order valence-corrected chi connectivity index (χ1v) is 14.7. The molecule has 2 nitrogen and oxygen atoms in total. The zero-order valence-corrected chi connectivity index (χ0v) is 22.9. The van der Waals surface area contributed by atoms with Gasteiger partial charge in [0, 0.05) is 33.1 Å². The molecule has 2 aromatic heterocycles. The molecule has 2 aliphatic carbocycles. The molecule has 0 spiro atoms. The van der Waals surface area contributed by atoms with Crippen LogP contribution in [0.25, 0.3) is 88.8 Å². The van der Waals surface area contributed by atoms with Crippen molar-refractivity contribution >= 4 is 49.7 Å². The van der Waals surface area contributed by atoms with Crippen LogP contribution in [0.4, 0.5) is 0 Å². The van der Waals surface area contributed by atoms with Gasteiger partial charge in [0.1, 0.15) is 11.2 Å². The van der Waals surface area contributed by atoms with Crippen LogP contribution >= 0.6 is 0 Å². The minimum atomic E-state index is 0.934. The Morgan fingerprint density at radius 1 is 0.595 bits per heavy atom. The zero-order valence-electron chi connectivity index (χ0n) is 22.9. The molecule has 0 aliphatic heterocycles. The van der Waals surface area contributed by atoms with E-state index in [1.807, 2.05) is 6.07 Å². The molecule has 2 heteroatoms. The molecule has 0 radical (unpaired) electrons. The summed E-state index contributed by atoms with van der Waals surface area (Å²) in [6.07, 6.45) is 6.75. The monoisotopic (exact) mass is 535 g/mol. The summed E-state index contributed by atoms with van der Waals surface area (Å²) in [7, 11) is 0. The van der Waals surface area contributed by atoms with E-state index in [4.69, 9.17) is 4.42 Å². The first-order valence-electron chi connectivity index (χ1n) is 14.7. The Kier molecular flexibility index (Phi) is 4.32. The molecule has 8 aromatic rings. The van der Waals surface area contributed by atoms with E-state index in [1.165, 1.54) is 77.2 Å². The molecule has 2 heterocycles. The molecule has 0 unspecified atom stereocenters. The van der Waals surface area contributed by atoms with Crippen LogP contribution in [0.1, 0.15) is 17.7 Å². The van der Waals surface area contributed by atoms with Crippen molar-refractivity contribution in [1.29, 1.82) is 0 Å². The molecule has 0 fully saturated rings. The standard InChI is InChI=1S/C40H25NO/c1-2-11-29-28(10-1)32-15-7-9-25-21-26(23-35(29)39(25)32)41-36-17-5-3-12-30(36)34-22-24(19-20-37(34)41)27-14-8-16-33-31-13-4-6-18-38(31)42-40(27)33/h1-2,4-11,13-23H,3,12H2. The highest BCUT2D eigenvalue weighted by atomic mass is 16.3. The molecule has 10 rings (SSSR count). The van der Waals surface area contributed by atoms with Crippen LogP contribution in [0.2, 0.25) is 0 Å². The lowest BCUT2D eigenvalue weighted by molar-refractivity contribution is 0.670. The number of rotatable bonds is 2. The van der Waals surface area contributed by atoms with Gasteiger partial charge in [-0.3, -0.25) is 0 Å². The molecule has 0 amide bonds. The fourth-order valence-electron chi connectivity index (χ4n) is 7.59. The summed E-state index contributed by atoms with van der Waals surface area (Å²) in [6.45, 7) is 0. The molecule has 0 atom stereocenters. The summed E-state index contributed by atoms with van der Waals surface area (Å²) in [6, 6.07) is 42.1. The maximum Gasteiger partial charge on any atom is 0.143 e. The average Bonchev–Trinajstić information content (AvgIpc) is 3.70. The van der Waals surface area contributed by atoms with Crippen LogP contribution < -0.4 is 0 Å². The Balaban J connectivity index is 1.23. The first-order chi connectivity index (χ1) is 20.8. The lowest BCUT2D eigenvalue weighted by atomic mass is 9.97. The fourth-order valence-corrected chi connectivity index (χ4v) is 7.59.